The second-order valence-corrected chi connectivity index (χ2v) is 4.36. The molecule has 0 aromatic carbocycles. The van der Waals surface area contributed by atoms with Crippen LogP contribution in [0.3, 0.4) is 0 Å². The minimum Gasteiger partial charge on any atom is -0.351 e. The zero-order chi connectivity index (χ0) is 10.9. The average Bonchev–Trinajstić information content (AvgIpc) is 2.69. The first kappa shape index (κ1) is 12.4. The van der Waals surface area contributed by atoms with E-state index in [1.165, 1.54) is 57.2 Å². The highest BCUT2D eigenvalue weighted by atomic mass is 15.0. The molecule has 0 amide bonds. The van der Waals surface area contributed by atoms with Gasteiger partial charge in [-0.25, -0.2) is 0 Å². The fourth-order valence-corrected chi connectivity index (χ4v) is 1.96. The predicted molar refractivity (Wildman–Crippen MR) is 67.2 cm³/mol. The third-order valence-electron chi connectivity index (χ3n) is 2.96. The Morgan fingerprint density at radius 2 is 1.80 bits per heavy atom. The third kappa shape index (κ3) is 4.55. The molecule has 0 spiro atoms. The Morgan fingerprint density at radius 3 is 2.53 bits per heavy atom. The van der Waals surface area contributed by atoms with Gasteiger partial charge in [0, 0.05) is 18.4 Å². The lowest BCUT2D eigenvalue weighted by atomic mass is 10.2. The van der Waals surface area contributed by atoms with Crippen molar-refractivity contribution in [2.24, 2.45) is 0 Å². The van der Waals surface area contributed by atoms with E-state index in [2.05, 4.69) is 36.7 Å². The number of rotatable bonds is 8. The van der Waals surface area contributed by atoms with Gasteiger partial charge in [0.05, 0.1) is 0 Å². The molecule has 0 atom stereocenters. The van der Waals surface area contributed by atoms with E-state index in [1.807, 2.05) is 0 Å². The van der Waals surface area contributed by atoms with E-state index in [4.69, 9.17) is 0 Å². The van der Waals surface area contributed by atoms with Crippen LogP contribution >= 0.6 is 0 Å². The lowest BCUT2D eigenvalue weighted by molar-refractivity contribution is 0.564. The molecule has 0 saturated carbocycles. The summed E-state index contributed by atoms with van der Waals surface area (Å²) in [6.07, 6.45) is 11.5. The van der Waals surface area contributed by atoms with Gasteiger partial charge in [-0.15, -0.1) is 0 Å². The summed E-state index contributed by atoms with van der Waals surface area (Å²) in [5.74, 6) is 0. The van der Waals surface area contributed by atoms with E-state index >= 15 is 0 Å². The molecule has 0 aliphatic carbocycles. The SMILES string of the molecule is CCCCCCn1cccc1CCCC. The molecular weight excluding hydrogens is 182 g/mol. The van der Waals surface area contributed by atoms with Gasteiger partial charge < -0.3 is 4.57 Å². The molecule has 0 saturated heterocycles. The maximum absolute atomic E-state index is 2.44. The molecule has 15 heavy (non-hydrogen) atoms. The monoisotopic (exact) mass is 207 g/mol. The molecule has 1 rings (SSSR count). The lowest BCUT2D eigenvalue weighted by Crippen LogP contribution is -2.01. The van der Waals surface area contributed by atoms with Crippen molar-refractivity contribution in [3.05, 3.63) is 24.0 Å². The maximum Gasteiger partial charge on any atom is 0.0222 e. The van der Waals surface area contributed by atoms with Crippen molar-refractivity contribution >= 4 is 0 Å². The predicted octanol–water partition coefficient (Wildman–Crippen LogP) is 4.41. The van der Waals surface area contributed by atoms with E-state index in [1.54, 1.807) is 0 Å². The fourth-order valence-electron chi connectivity index (χ4n) is 1.96. The summed E-state index contributed by atoms with van der Waals surface area (Å²) < 4.78 is 2.44. The molecule has 0 radical (unpaired) electrons. The van der Waals surface area contributed by atoms with Gasteiger partial charge in [0.15, 0.2) is 0 Å². The summed E-state index contributed by atoms with van der Waals surface area (Å²) in [7, 11) is 0. The standard InChI is InChI=1S/C14H25N/c1-3-5-7-8-12-15-13-9-11-14(15)10-6-4-2/h9,11,13H,3-8,10,12H2,1-2H3. The van der Waals surface area contributed by atoms with Crippen LogP contribution in [0.5, 0.6) is 0 Å². The maximum atomic E-state index is 2.44. The zero-order valence-corrected chi connectivity index (χ0v) is 10.3. The molecule has 1 nitrogen and oxygen atoms in total. The molecule has 0 bridgehead atoms. The van der Waals surface area contributed by atoms with Crippen molar-refractivity contribution in [1.82, 2.24) is 4.57 Å². The van der Waals surface area contributed by atoms with Crippen molar-refractivity contribution in [2.75, 3.05) is 0 Å². The summed E-state index contributed by atoms with van der Waals surface area (Å²) in [6, 6.07) is 4.46. The van der Waals surface area contributed by atoms with Gasteiger partial charge in [-0.3, -0.25) is 0 Å². The topological polar surface area (TPSA) is 4.93 Å². The minimum absolute atomic E-state index is 1.21. The molecule has 0 N–H and O–H groups in total. The highest BCUT2D eigenvalue weighted by molar-refractivity contribution is 5.07. The minimum atomic E-state index is 1.21. The fraction of sp³-hybridized carbons (Fsp3) is 0.714. The first-order chi connectivity index (χ1) is 7.38. The molecule has 86 valence electrons. The third-order valence-corrected chi connectivity index (χ3v) is 2.96. The molecular formula is C14H25N. The summed E-state index contributed by atoms with van der Waals surface area (Å²) in [5.41, 5.74) is 1.52. The molecule has 1 aromatic rings. The van der Waals surface area contributed by atoms with Crippen molar-refractivity contribution in [1.29, 1.82) is 0 Å². The van der Waals surface area contributed by atoms with E-state index in [0.29, 0.717) is 0 Å². The Bertz CT molecular complexity index is 250. The van der Waals surface area contributed by atoms with Crippen LogP contribution in [0.25, 0.3) is 0 Å². The zero-order valence-electron chi connectivity index (χ0n) is 10.3. The highest BCUT2D eigenvalue weighted by Gasteiger charge is 1.99. The summed E-state index contributed by atoms with van der Waals surface area (Å²) in [4.78, 5) is 0. The lowest BCUT2D eigenvalue weighted by Gasteiger charge is -2.08. The quantitative estimate of drug-likeness (QED) is 0.556. The molecule has 1 heterocycles. The Hall–Kier alpha value is -0.720. The molecule has 1 heteroatoms. The molecule has 0 aliphatic heterocycles. The van der Waals surface area contributed by atoms with Gasteiger partial charge in [0.2, 0.25) is 0 Å². The number of aryl methyl sites for hydroxylation is 2. The second-order valence-electron chi connectivity index (χ2n) is 4.36. The Kier molecular flexibility index (Phi) is 6.22. The van der Waals surface area contributed by atoms with Crippen LogP contribution in [0.15, 0.2) is 18.3 Å². The van der Waals surface area contributed by atoms with Crippen LogP contribution in [0.4, 0.5) is 0 Å². The molecule has 1 aromatic heterocycles. The van der Waals surface area contributed by atoms with Gasteiger partial charge in [-0.2, -0.15) is 0 Å². The average molecular weight is 207 g/mol. The van der Waals surface area contributed by atoms with Gasteiger partial charge in [-0.1, -0.05) is 39.5 Å². The Labute approximate surface area is 94.5 Å². The van der Waals surface area contributed by atoms with Gasteiger partial charge in [0.25, 0.3) is 0 Å². The van der Waals surface area contributed by atoms with Crippen LogP contribution in [-0.2, 0) is 13.0 Å². The molecule has 0 fully saturated rings. The summed E-state index contributed by atoms with van der Waals surface area (Å²) in [6.45, 7) is 5.74. The van der Waals surface area contributed by atoms with Gasteiger partial charge >= 0.3 is 0 Å². The number of nitrogens with zero attached hydrogens (tertiary/aromatic N) is 1. The van der Waals surface area contributed by atoms with E-state index in [-0.39, 0.29) is 0 Å². The number of unbranched alkanes of at least 4 members (excludes halogenated alkanes) is 4. The number of aromatic nitrogens is 1. The van der Waals surface area contributed by atoms with Gasteiger partial charge in [-0.05, 0) is 31.4 Å². The summed E-state index contributed by atoms with van der Waals surface area (Å²) in [5, 5.41) is 0. The van der Waals surface area contributed by atoms with E-state index < -0.39 is 0 Å². The van der Waals surface area contributed by atoms with E-state index in [9.17, 15) is 0 Å². The van der Waals surface area contributed by atoms with Crippen molar-refractivity contribution in [3.8, 4) is 0 Å². The highest BCUT2D eigenvalue weighted by Crippen LogP contribution is 2.09. The van der Waals surface area contributed by atoms with E-state index in [0.717, 1.165) is 0 Å². The van der Waals surface area contributed by atoms with Gasteiger partial charge in [0.1, 0.15) is 0 Å². The first-order valence-electron chi connectivity index (χ1n) is 6.52. The molecule has 0 unspecified atom stereocenters. The van der Waals surface area contributed by atoms with Crippen LogP contribution in [-0.4, -0.2) is 4.57 Å². The van der Waals surface area contributed by atoms with Crippen LogP contribution in [0.2, 0.25) is 0 Å². The van der Waals surface area contributed by atoms with Crippen LogP contribution < -0.4 is 0 Å². The van der Waals surface area contributed by atoms with Crippen molar-refractivity contribution < 1.29 is 0 Å². The van der Waals surface area contributed by atoms with Crippen LogP contribution in [0.1, 0.15) is 58.1 Å². The van der Waals surface area contributed by atoms with Crippen LogP contribution in [0, 0.1) is 0 Å². The summed E-state index contributed by atoms with van der Waals surface area (Å²) >= 11 is 0. The Morgan fingerprint density at radius 1 is 1.00 bits per heavy atom. The second kappa shape index (κ2) is 7.56. The number of hydrogen-bond acceptors (Lipinski definition) is 0. The van der Waals surface area contributed by atoms with Crippen molar-refractivity contribution in [2.45, 2.75) is 65.3 Å². The van der Waals surface area contributed by atoms with Crippen molar-refractivity contribution in [3.63, 3.8) is 0 Å². The smallest absolute Gasteiger partial charge is 0.0222 e. The molecule has 0 aliphatic rings. The largest absolute Gasteiger partial charge is 0.351 e. The number of hydrogen-bond donors (Lipinski definition) is 0. The first-order valence-corrected chi connectivity index (χ1v) is 6.52. The normalized spacial score (nSPS) is 10.8. The Balaban J connectivity index is 2.29.